The summed E-state index contributed by atoms with van der Waals surface area (Å²) in [6.45, 7) is 49.7. The predicted octanol–water partition coefficient (Wildman–Crippen LogP) is 33.8. The van der Waals surface area contributed by atoms with Gasteiger partial charge in [-0.05, 0) is 299 Å². The molecule has 16 nitrogen and oxygen atoms in total. The first-order valence-corrected chi connectivity index (χ1v) is 66.5. The Balaban J connectivity index is 0. The summed E-state index contributed by atoms with van der Waals surface area (Å²) in [5.41, 5.74) is 0. The van der Waals surface area contributed by atoms with Crippen molar-refractivity contribution in [3.05, 3.63) is 79.2 Å². The summed E-state index contributed by atoms with van der Waals surface area (Å²) < 4.78 is 44.8. The standard InChI is InChI=1S/C30H58O3Si.C27H51ClO2Si.C27H52O3Si.C20H36O4.C5H5N.C3H8O.Cl2O2S/c1-10-11-12-13-14-18-21-27-26(20-17-15-16-19-22-29(31)32-24(2)3)25(4)23-28(27)33-34(8,9)30(5,6)7;2*1-6-10-11-12-13-17-20-25-24(19-16-14-15-18-21-27(28)29)23(5)22-26(25)30-31(7-2,8-3)9-4;1-2-3-4-5-6-9-12-16-17(19(22)15-18(16)21)13-10-7-8-11-14-20(23)24;1-2-4-6-5-3-1;1-3(2)4;1-5(2,3)4/h15,17,24-28H,10-14,16,18-23H2,1-9H3;14,16,23-26H,6-13,15,17-22H2,1-5H3;14,16,23-26H,6-13,15,17-22H2,1-5H3,(H,28,29);7,10,16-19,21-22H,2-6,8-9,11-15H2,1H3,(H,23,24);1-5H;3-4H,1-2H3;/b17-15-;2*16-14-;10-7-;;;/t25-,26-,27+,28+;2*23-,24-,25+,26+;16-,17-,18-,19+;;;/m0001.../s1. The Bertz CT molecular complexity index is 3120. The molecular formula is C112H210Cl3NO15SSi3. The number of aliphatic hydroxyl groups excluding tert-OH is 3. The normalized spacial score (nSPS) is 23.0. The molecule has 0 bridgehead atoms. The monoisotopic (exact) mass is 2030 g/mol. The van der Waals surface area contributed by atoms with Crippen LogP contribution in [0.15, 0.2) is 79.2 Å². The van der Waals surface area contributed by atoms with Gasteiger partial charge in [-0.25, -0.2) is 0 Å². The first-order chi connectivity index (χ1) is 64.0. The number of unbranched alkanes of at least 4 members (excludes halogenated alkanes) is 24. The van der Waals surface area contributed by atoms with E-state index in [1.807, 2.05) is 38.1 Å². The number of carbonyl (C=O) groups excluding carboxylic acids is 2. The van der Waals surface area contributed by atoms with Gasteiger partial charge < -0.3 is 43.5 Å². The second-order valence-corrected chi connectivity index (χ2v) is 60.6. The number of carboxylic acids is 2. The molecule has 1 aromatic rings. The lowest BCUT2D eigenvalue weighted by molar-refractivity contribution is -0.147. The van der Waals surface area contributed by atoms with E-state index in [2.05, 4.69) is 193 Å². The molecular weight excluding hydrogens is 1820 g/mol. The number of carbonyl (C=O) groups is 4. The van der Waals surface area contributed by atoms with Crippen molar-refractivity contribution >= 4 is 89.3 Å². The van der Waals surface area contributed by atoms with Crippen LogP contribution < -0.4 is 0 Å². The van der Waals surface area contributed by atoms with Crippen LogP contribution in [0.25, 0.3) is 0 Å². The summed E-state index contributed by atoms with van der Waals surface area (Å²) in [6.07, 6.45) is 75.5. The molecule has 0 spiro atoms. The molecule has 1 heterocycles. The largest absolute Gasteiger partial charge is 0.481 e. The second-order valence-electron chi connectivity index (χ2n) is 42.3. The van der Waals surface area contributed by atoms with Crippen LogP contribution in [-0.4, -0.2) is 130 Å². The molecule has 0 aliphatic heterocycles. The van der Waals surface area contributed by atoms with Crippen LogP contribution in [0.1, 0.15) is 447 Å². The SMILES string of the molecule is CC(C)O.CCCCCCCC[C@@H]1[C@@H](C/C=C\CCCC(=O)Cl)[C@@H](C)C[C@H]1O[Si](CC)(CC)CC.CCCCCCCC[C@@H]1[C@@H](C/C=C\CCCC(=O)O)[C@@H](C)C[C@H]1O[Si](CC)(CC)CC.CCCCCCCC[C@@H]1[C@@H](C/C=C\CCCC(=O)O)[C@@H](O)C[C@H]1O.CCCCCCCC[C@@H]1[C@@H](C/C=C\CCCC(=O)OC(C)C)[C@@H](C)C[C@H]1O[Si](C)(C)C(C)(C)C.O=S(=O)(Cl)Cl.c1ccncc1. The Hall–Kier alpha value is -2.58. The van der Waals surface area contributed by atoms with E-state index in [-0.39, 0.29) is 59.2 Å². The molecule has 0 saturated heterocycles. The summed E-state index contributed by atoms with van der Waals surface area (Å²) in [4.78, 5) is 47.6. The van der Waals surface area contributed by atoms with Gasteiger partial charge in [-0.15, -0.1) is 0 Å². The lowest BCUT2D eigenvalue weighted by atomic mass is 9.83. The van der Waals surface area contributed by atoms with E-state index in [0.29, 0.717) is 79.5 Å². The number of carboxylic acid groups (broad SMARTS) is 2. The zero-order valence-electron chi connectivity index (χ0n) is 90.4. The van der Waals surface area contributed by atoms with Crippen LogP contribution in [0.3, 0.4) is 0 Å². The average molecular weight is 2030 g/mol. The number of esters is 1. The third-order valence-corrected chi connectivity index (χ3v) is 43.9. The van der Waals surface area contributed by atoms with Crippen LogP contribution >= 0.6 is 33.0 Å². The summed E-state index contributed by atoms with van der Waals surface area (Å²) in [5, 5.41) is 45.9. The molecule has 135 heavy (non-hydrogen) atoms. The number of halogens is 3. The van der Waals surface area contributed by atoms with E-state index in [0.717, 1.165) is 101 Å². The van der Waals surface area contributed by atoms with Crippen molar-refractivity contribution in [3.8, 4) is 0 Å². The fourth-order valence-electron chi connectivity index (χ4n) is 20.4. The van der Waals surface area contributed by atoms with E-state index < -0.39 is 51.3 Å². The highest BCUT2D eigenvalue weighted by Gasteiger charge is 2.49. The van der Waals surface area contributed by atoms with Crippen molar-refractivity contribution in [1.82, 2.24) is 4.98 Å². The van der Waals surface area contributed by atoms with Gasteiger partial charge in [0.1, 0.15) is 0 Å². The topological polar surface area (TPSA) is 253 Å². The smallest absolute Gasteiger partial charge is 0.317 e. The molecule has 4 saturated carbocycles. The predicted molar refractivity (Wildman–Crippen MR) is 584 cm³/mol. The summed E-state index contributed by atoms with van der Waals surface area (Å²) >= 11 is 5.45. The highest BCUT2D eigenvalue weighted by Crippen LogP contribution is 2.50. The second kappa shape index (κ2) is 81.7. The molecule has 4 fully saturated rings. The highest BCUT2D eigenvalue weighted by molar-refractivity contribution is 8.31. The molecule has 792 valence electrons. The first-order valence-electron chi connectivity index (χ1n) is 55.0. The van der Waals surface area contributed by atoms with Crippen LogP contribution in [-0.2, 0) is 45.5 Å². The van der Waals surface area contributed by atoms with E-state index in [9.17, 15) is 29.4 Å². The maximum Gasteiger partial charge on any atom is 0.317 e. The number of aliphatic carboxylic acids is 2. The Morgan fingerprint density at radius 1 is 0.407 bits per heavy atom. The van der Waals surface area contributed by atoms with Gasteiger partial charge >= 0.3 is 26.2 Å². The van der Waals surface area contributed by atoms with Crippen molar-refractivity contribution in [2.24, 2.45) is 65.1 Å². The fraction of sp³-hybridized carbons (Fsp3) is 0.848. The lowest BCUT2D eigenvalue weighted by Gasteiger charge is -2.40. The molecule has 0 radical (unpaired) electrons. The first kappa shape index (κ1) is 134. The van der Waals surface area contributed by atoms with Gasteiger partial charge in [0, 0.05) is 83.9 Å². The summed E-state index contributed by atoms with van der Waals surface area (Å²) in [7, 11) is -0.109. The van der Waals surface area contributed by atoms with Crippen molar-refractivity contribution in [3.63, 3.8) is 0 Å². The molecule has 23 heteroatoms. The third kappa shape index (κ3) is 66.9. The molecule has 0 unspecified atom stereocenters. The van der Waals surface area contributed by atoms with Crippen molar-refractivity contribution in [2.75, 3.05) is 0 Å². The van der Waals surface area contributed by atoms with Gasteiger partial charge in [-0.3, -0.25) is 24.2 Å². The van der Waals surface area contributed by atoms with E-state index >= 15 is 0 Å². The van der Waals surface area contributed by atoms with Crippen LogP contribution in [0.4, 0.5) is 0 Å². The quantitative estimate of drug-likeness (QED) is 0.0134. The van der Waals surface area contributed by atoms with Gasteiger partial charge in [0.15, 0.2) is 25.0 Å². The van der Waals surface area contributed by atoms with E-state index in [1.165, 1.54) is 222 Å². The molecule has 4 aliphatic carbocycles. The number of nitrogens with zero attached hydrogens (tertiary/aromatic N) is 1. The molecule has 16 atom stereocenters. The highest BCUT2D eigenvalue weighted by atomic mass is 36.0. The van der Waals surface area contributed by atoms with Gasteiger partial charge in [0.25, 0.3) is 0 Å². The zero-order chi connectivity index (χ0) is 102. The minimum Gasteiger partial charge on any atom is -0.481 e. The van der Waals surface area contributed by atoms with Crippen molar-refractivity contribution in [1.29, 1.82) is 0 Å². The molecule has 5 rings (SSSR count). The number of aromatic nitrogens is 1. The van der Waals surface area contributed by atoms with Gasteiger partial charge in [-0.1, -0.05) is 320 Å². The molecule has 1 aromatic heterocycles. The Kier molecular flexibility index (Phi) is 81.4. The van der Waals surface area contributed by atoms with Crippen LogP contribution in [0.2, 0.25) is 54.4 Å². The van der Waals surface area contributed by atoms with Crippen LogP contribution in [0, 0.1) is 65.1 Å². The Morgan fingerprint density at radius 2 is 0.681 bits per heavy atom. The number of rotatable bonds is 65. The average Bonchev–Trinajstić information content (AvgIpc) is 1.63. The molecule has 5 N–H and O–H groups in total. The fourth-order valence-corrected chi connectivity index (χ4v) is 27.7. The number of pyridine rings is 1. The van der Waals surface area contributed by atoms with Crippen molar-refractivity contribution in [2.45, 2.75) is 544 Å². The molecule has 4 aliphatic rings. The number of allylic oxidation sites excluding steroid dienone is 8. The molecule has 0 amide bonds. The Labute approximate surface area is 847 Å². The van der Waals surface area contributed by atoms with E-state index in [1.54, 1.807) is 26.2 Å². The molecule has 0 aromatic carbocycles. The lowest BCUT2D eigenvalue weighted by Crippen LogP contribution is -2.45. The zero-order valence-corrected chi connectivity index (χ0v) is 96.5. The van der Waals surface area contributed by atoms with E-state index in [4.69, 9.17) is 53.4 Å². The minimum absolute atomic E-state index is 0.0167. The van der Waals surface area contributed by atoms with Gasteiger partial charge in [0.2, 0.25) is 5.24 Å². The number of hydrogen-bond acceptors (Lipinski definition) is 14. The maximum atomic E-state index is 11.7. The van der Waals surface area contributed by atoms with Gasteiger partial charge in [0.05, 0.1) is 18.3 Å². The minimum atomic E-state index is -3.72. The number of hydrogen-bond donors (Lipinski definition) is 5. The summed E-state index contributed by atoms with van der Waals surface area (Å²) in [5.74, 6) is 5.27. The Morgan fingerprint density at radius 3 is 0.948 bits per heavy atom. The van der Waals surface area contributed by atoms with Crippen molar-refractivity contribution < 1.29 is 71.1 Å². The third-order valence-electron chi connectivity index (χ3n) is 29.8. The summed E-state index contributed by atoms with van der Waals surface area (Å²) in [6, 6.07) is 13.2. The maximum absolute atomic E-state index is 11.7. The van der Waals surface area contributed by atoms with Crippen LogP contribution in [0.5, 0.6) is 0 Å². The van der Waals surface area contributed by atoms with Gasteiger partial charge in [-0.2, -0.15) is 8.42 Å². The number of ether oxygens (including phenoxy) is 1. The number of aliphatic hydroxyl groups is 3.